The second-order valence-electron chi connectivity index (χ2n) is 5.55. The van der Waals surface area contributed by atoms with Gasteiger partial charge in [0.2, 0.25) is 11.6 Å². The van der Waals surface area contributed by atoms with E-state index in [1.165, 1.54) is 14.2 Å². The second kappa shape index (κ2) is 7.52. The lowest BCUT2D eigenvalue weighted by atomic mass is 10.1. The van der Waals surface area contributed by atoms with E-state index >= 15 is 0 Å². The Morgan fingerprint density at radius 2 is 1.69 bits per heavy atom. The monoisotopic (exact) mass is 418 g/mol. The van der Waals surface area contributed by atoms with Gasteiger partial charge in [-0.15, -0.1) is 0 Å². The molecule has 1 aliphatic rings. The number of hydrogen-bond donors (Lipinski definition) is 0. The van der Waals surface area contributed by atoms with Crippen molar-refractivity contribution in [3.8, 4) is 11.5 Å². The highest BCUT2D eigenvalue weighted by Gasteiger charge is 2.35. The summed E-state index contributed by atoms with van der Waals surface area (Å²) in [7, 11) is 6.47. The van der Waals surface area contributed by atoms with Crippen molar-refractivity contribution in [1.29, 1.82) is 0 Å². The maximum atomic E-state index is 6.57. The van der Waals surface area contributed by atoms with Gasteiger partial charge in [0.1, 0.15) is 27.4 Å². The number of ether oxygens (including phenoxy) is 3. The van der Waals surface area contributed by atoms with Crippen molar-refractivity contribution in [1.82, 2.24) is 9.97 Å². The molecule has 2 aromatic rings. The molecule has 1 aliphatic heterocycles. The molecule has 1 aromatic heterocycles. The highest BCUT2D eigenvalue weighted by atomic mass is 35.5. The summed E-state index contributed by atoms with van der Waals surface area (Å²) in [4.78, 5) is 12.1. The van der Waals surface area contributed by atoms with Crippen LogP contribution >= 0.6 is 34.8 Å². The second-order valence-corrected chi connectivity index (χ2v) is 6.64. The smallest absolute Gasteiger partial charge is 0.224 e. The number of nitrogens with zero attached hydrogens (tertiary/aromatic N) is 4. The molecule has 10 heteroatoms. The van der Waals surface area contributed by atoms with Crippen molar-refractivity contribution in [3.63, 3.8) is 0 Å². The van der Waals surface area contributed by atoms with Gasteiger partial charge < -0.3 is 24.0 Å². The van der Waals surface area contributed by atoms with Gasteiger partial charge in [-0.05, 0) is 11.6 Å². The normalized spacial score (nSPS) is 16.5. The third-order valence-electron chi connectivity index (χ3n) is 4.13. The predicted molar refractivity (Wildman–Crippen MR) is 102 cm³/mol. The summed E-state index contributed by atoms with van der Waals surface area (Å²) in [6.07, 6.45) is 1.14. The quantitative estimate of drug-likeness (QED) is 0.698. The summed E-state index contributed by atoms with van der Waals surface area (Å²) < 4.78 is 16.4. The Balaban J connectivity index is 2.18. The number of aromatic nitrogens is 2. The van der Waals surface area contributed by atoms with E-state index in [0.29, 0.717) is 39.6 Å². The molecule has 0 fully saturated rings. The van der Waals surface area contributed by atoms with E-state index in [1.54, 1.807) is 19.4 Å². The summed E-state index contributed by atoms with van der Waals surface area (Å²) in [6.45, 7) is 0.408. The number of hydrogen-bond acceptors (Lipinski definition) is 7. The Morgan fingerprint density at radius 3 is 2.23 bits per heavy atom. The van der Waals surface area contributed by atoms with Crippen LogP contribution in [0.25, 0.3) is 0 Å². The molecular formula is C16H17Cl3N4O3. The van der Waals surface area contributed by atoms with Crippen molar-refractivity contribution in [3.05, 3.63) is 33.2 Å². The van der Waals surface area contributed by atoms with Crippen LogP contribution in [0.3, 0.4) is 0 Å². The first-order chi connectivity index (χ1) is 12.4. The van der Waals surface area contributed by atoms with E-state index in [4.69, 9.17) is 49.0 Å². The molecule has 0 saturated carbocycles. The number of benzene rings is 1. The molecule has 26 heavy (non-hydrogen) atoms. The van der Waals surface area contributed by atoms with E-state index in [0.717, 1.165) is 5.56 Å². The van der Waals surface area contributed by atoms with E-state index in [9.17, 15) is 0 Å². The van der Waals surface area contributed by atoms with Crippen molar-refractivity contribution in [2.45, 2.75) is 12.9 Å². The first-order valence-corrected chi connectivity index (χ1v) is 8.70. The fourth-order valence-electron chi connectivity index (χ4n) is 2.97. The number of anilines is 2. The summed E-state index contributed by atoms with van der Waals surface area (Å²) in [5.41, 5.74) is 1.38. The van der Waals surface area contributed by atoms with Crippen LogP contribution in [-0.2, 0) is 11.3 Å². The first-order valence-electron chi connectivity index (χ1n) is 7.56. The fraction of sp³-hybridized carbons (Fsp3) is 0.375. The maximum Gasteiger partial charge on any atom is 0.224 e. The van der Waals surface area contributed by atoms with Gasteiger partial charge in [-0.1, -0.05) is 23.2 Å². The third kappa shape index (κ3) is 3.09. The van der Waals surface area contributed by atoms with Gasteiger partial charge in [0.15, 0.2) is 0 Å². The molecule has 1 unspecified atom stereocenters. The third-order valence-corrected chi connectivity index (χ3v) is 5.05. The standard InChI is InChI=1S/C16H17Cl3N4O3/c1-22-14-8(6-20-15(19)21-14)7-23(16(22)26-4)13-11(17)9(24-2)5-10(25-3)12(13)18/h5-6,16H,7H2,1-4H3. The van der Waals surface area contributed by atoms with E-state index in [-0.39, 0.29) is 5.28 Å². The van der Waals surface area contributed by atoms with Crippen LogP contribution < -0.4 is 19.3 Å². The summed E-state index contributed by atoms with van der Waals surface area (Å²) >= 11 is 19.1. The van der Waals surface area contributed by atoms with Crippen LogP contribution in [0.1, 0.15) is 5.56 Å². The molecule has 0 saturated heterocycles. The van der Waals surface area contributed by atoms with Gasteiger partial charge in [-0.3, -0.25) is 0 Å². The number of fused-ring (bicyclic) bond motifs is 1. The Bertz CT molecular complexity index is 809. The molecule has 0 radical (unpaired) electrons. The first kappa shape index (κ1) is 19.1. The molecule has 0 N–H and O–H groups in total. The molecule has 1 atom stereocenters. The number of rotatable bonds is 4. The minimum absolute atomic E-state index is 0.165. The van der Waals surface area contributed by atoms with Gasteiger partial charge in [-0.2, -0.15) is 0 Å². The zero-order chi connectivity index (χ0) is 19.0. The van der Waals surface area contributed by atoms with E-state index in [2.05, 4.69) is 9.97 Å². The van der Waals surface area contributed by atoms with E-state index < -0.39 is 6.35 Å². The van der Waals surface area contributed by atoms with Crippen LogP contribution in [0.2, 0.25) is 15.3 Å². The zero-order valence-electron chi connectivity index (χ0n) is 14.6. The SMILES string of the molecule is COc1cc(OC)c(Cl)c(N2Cc3cnc(Cl)nc3N(C)C2OC)c1Cl. The van der Waals surface area contributed by atoms with Gasteiger partial charge in [0.05, 0.1) is 26.5 Å². The van der Waals surface area contributed by atoms with Gasteiger partial charge in [0, 0.05) is 32.0 Å². The highest BCUT2D eigenvalue weighted by molar-refractivity contribution is 6.41. The lowest BCUT2D eigenvalue weighted by Crippen LogP contribution is -2.52. The topological polar surface area (TPSA) is 60.0 Å². The van der Waals surface area contributed by atoms with Crippen LogP contribution in [0, 0.1) is 0 Å². The Hall–Kier alpha value is -1.67. The maximum absolute atomic E-state index is 6.57. The van der Waals surface area contributed by atoms with Gasteiger partial charge in [-0.25, -0.2) is 9.97 Å². The lowest BCUT2D eigenvalue weighted by Gasteiger charge is -2.43. The average Bonchev–Trinajstić information content (AvgIpc) is 2.63. The minimum Gasteiger partial charge on any atom is -0.495 e. The summed E-state index contributed by atoms with van der Waals surface area (Å²) in [6, 6.07) is 1.64. The average molecular weight is 420 g/mol. The molecule has 0 aliphatic carbocycles. The highest BCUT2D eigenvalue weighted by Crippen LogP contribution is 2.48. The van der Waals surface area contributed by atoms with Crippen LogP contribution in [0.15, 0.2) is 12.3 Å². The summed E-state index contributed by atoms with van der Waals surface area (Å²) in [5.74, 6) is 1.56. The summed E-state index contributed by atoms with van der Waals surface area (Å²) in [5, 5.41) is 0.872. The Morgan fingerprint density at radius 1 is 1.08 bits per heavy atom. The fourth-order valence-corrected chi connectivity index (χ4v) is 3.82. The van der Waals surface area contributed by atoms with Gasteiger partial charge in [0.25, 0.3) is 0 Å². The Labute approximate surface area is 166 Å². The van der Waals surface area contributed by atoms with Crippen LogP contribution in [0.4, 0.5) is 11.5 Å². The van der Waals surface area contributed by atoms with E-state index in [1.807, 2.05) is 16.8 Å². The number of methoxy groups -OCH3 is 3. The van der Waals surface area contributed by atoms with Crippen molar-refractivity contribution < 1.29 is 14.2 Å². The molecule has 0 amide bonds. The largest absolute Gasteiger partial charge is 0.495 e. The van der Waals surface area contributed by atoms with Crippen LogP contribution in [0.5, 0.6) is 11.5 Å². The van der Waals surface area contributed by atoms with Crippen molar-refractivity contribution in [2.24, 2.45) is 0 Å². The predicted octanol–water partition coefficient (Wildman–Crippen LogP) is 3.84. The Kier molecular flexibility index (Phi) is 5.53. The molecule has 0 spiro atoms. The molecule has 1 aromatic carbocycles. The molecule has 3 rings (SSSR count). The van der Waals surface area contributed by atoms with Gasteiger partial charge >= 0.3 is 0 Å². The van der Waals surface area contributed by atoms with Crippen LogP contribution in [-0.4, -0.2) is 44.7 Å². The van der Waals surface area contributed by atoms with Crippen molar-refractivity contribution in [2.75, 3.05) is 38.2 Å². The minimum atomic E-state index is -0.528. The van der Waals surface area contributed by atoms with Crippen molar-refractivity contribution >= 4 is 46.3 Å². The molecule has 0 bridgehead atoms. The molecular weight excluding hydrogens is 403 g/mol. The molecule has 140 valence electrons. The number of halogens is 3. The lowest BCUT2D eigenvalue weighted by molar-refractivity contribution is 0.0934. The zero-order valence-corrected chi connectivity index (χ0v) is 16.9. The molecule has 7 nitrogen and oxygen atoms in total. The molecule has 2 heterocycles.